The van der Waals surface area contributed by atoms with Gasteiger partial charge in [-0.05, 0) is 31.7 Å². The molecule has 2 rings (SSSR count). The summed E-state index contributed by atoms with van der Waals surface area (Å²) in [5.74, 6) is 1.03. The Morgan fingerprint density at radius 1 is 1.31 bits per heavy atom. The molecule has 94 valence electrons. The number of nitrogens with one attached hydrogen (secondary N) is 1. The van der Waals surface area contributed by atoms with Gasteiger partial charge in [0.2, 0.25) is 5.91 Å². The van der Waals surface area contributed by atoms with E-state index in [-0.39, 0.29) is 12.4 Å². The number of carbonyl (C=O) groups is 1. The molecule has 2 aliphatic rings. The molecule has 0 bridgehead atoms. The van der Waals surface area contributed by atoms with Crippen LogP contribution in [0.3, 0.4) is 0 Å². The Labute approximate surface area is 104 Å². The van der Waals surface area contributed by atoms with Crippen molar-refractivity contribution in [2.75, 3.05) is 20.1 Å². The molecule has 1 N–H and O–H groups in total. The van der Waals surface area contributed by atoms with Gasteiger partial charge >= 0.3 is 0 Å². The number of nitrogens with zero attached hydrogens (tertiary/aromatic N) is 1. The highest BCUT2D eigenvalue weighted by Gasteiger charge is 2.26. The van der Waals surface area contributed by atoms with Gasteiger partial charge in [-0.15, -0.1) is 12.4 Å². The first-order valence-electron chi connectivity index (χ1n) is 6.24. The third kappa shape index (κ3) is 3.36. The van der Waals surface area contributed by atoms with Crippen LogP contribution in [0, 0.1) is 5.92 Å². The SMILES string of the molecule is CN(C(=O)CC1CCCC1)C1CCNC1.Cl. The number of carbonyl (C=O) groups excluding carboxylic acids is 1. The summed E-state index contributed by atoms with van der Waals surface area (Å²) >= 11 is 0. The summed E-state index contributed by atoms with van der Waals surface area (Å²) in [7, 11) is 1.97. The zero-order chi connectivity index (χ0) is 10.7. The number of rotatable bonds is 3. The third-order valence-electron chi connectivity index (χ3n) is 3.91. The molecular weight excluding hydrogens is 224 g/mol. The van der Waals surface area contributed by atoms with Crippen LogP contribution in [0.2, 0.25) is 0 Å². The van der Waals surface area contributed by atoms with Crippen LogP contribution < -0.4 is 5.32 Å². The number of likely N-dealkylation sites (N-methyl/N-ethyl adjacent to an activating group) is 1. The van der Waals surface area contributed by atoms with E-state index in [2.05, 4.69) is 5.32 Å². The Kier molecular flexibility index (Phi) is 5.56. The van der Waals surface area contributed by atoms with Crippen molar-refractivity contribution >= 4 is 18.3 Å². The summed E-state index contributed by atoms with van der Waals surface area (Å²) in [6.45, 7) is 2.04. The van der Waals surface area contributed by atoms with Gasteiger partial charge in [0.25, 0.3) is 0 Å². The molecule has 1 atom stereocenters. The lowest BCUT2D eigenvalue weighted by Crippen LogP contribution is -2.38. The van der Waals surface area contributed by atoms with Crippen molar-refractivity contribution in [1.82, 2.24) is 10.2 Å². The molecule has 1 aliphatic carbocycles. The van der Waals surface area contributed by atoms with Crippen molar-refractivity contribution in [3.8, 4) is 0 Å². The quantitative estimate of drug-likeness (QED) is 0.824. The lowest BCUT2D eigenvalue weighted by Gasteiger charge is -2.25. The molecule has 1 aliphatic heterocycles. The lowest BCUT2D eigenvalue weighted by molar-refractivity contribution is -0.132. The zero-order valence-corrected chi connectivity index (χ0v) is 10.9. The van der Waals surface area contributed by atoms with Crippen molar-refractivity contribution in [2.45, 2.75) is 44.6 Å². The number of hydrogen-bond donors (Lipinski definition) is 1. The van der Waals surface area contributed by atoms with E-state index in [9.17, 15) is 4.79 Å². The molecule has 0 aromatic rings. The van der Waals surface area contributed by atoms with E-state index in [1.807, 2.05) is 11.9 Å². The van der Waals surface area contributed by atoms with Gasteiger partial charge in [0.05, 0.1) is 0 Å². The van der Waals surface area contributed by atoms with Gasteiger partial charge in [-0.2, -0.15) is 0 Å². The molecule has 1 saturated heterocycles. The maximum atomic E-state index is 12.0. The van der Waals surface area contributed by atoms with Crippen LogP contribution in [0.15, 0.2) is 0 Å². The monoisotopic (exact) mass is 246 g/mol. The van der Waals surface area contributed by atoms with Crippen LogP contribution in [0.1, 0.15) is 38.5 Å². The second-order valence-corrected chi connectivity index (χ2v) is 5.01. The Morgan fingerprint density at radius 2 is 2.00 bits per heavy atom. The highest BCUT2D eigenvalue weighted by molar-refractivity contribution is 5.85. The van der Waals surface area contributed by atoms with Crippen LogP contribution in [-0.4, -0.2) is 37.0 Å². The molecule has 0 aromatic carbocycles. The first-order chi connectivity index (χ1) is 7.27. The Hall–Kier alpha value is -0.280. The van der Waals surface area contributed by atoms with Gasteiger partial charge in [-0.25, -0.2) is 0 Å². The fourth-order valence-corrected chi connectivity index (χ4v) is 2.78. The van der Waals surface area contributed by atoms with Gasteiger partial charge in [0, 0.05) is 26.1 Å². The van der Waals surface area contributed by atoms with Gasteiger partial charge in [0.15, 0.2) is 0 Å². The molecule has 4 heteroatoms. The van der Waals surface area contributed by atoms with Gasteiger partial charge < -0.3 is 10.2 Å². The minimum atomic E-state index is 0. The summed E-state index contributed by atoms with van der Waals surface area (Å²) in [5.41, 5.74) is 0. The molecule has 1 heterocycles. The minimum Gasteiger partial charge on any atom is -0.341 e. The largest absolute Gasteiger partial charge is 0.341 e. The van der Waals surface area contributed by atoms with Crippen LogP contribution in [0.25, 0.3) is 0 Å². The third-order valence-corrected chi connectivity index (χ3v) is 3.91. The van der Waals surface area contributed by atoms with Gasteiger partial charge in [-0.3, -0.25) is 4.79 Å². The summed E-state index contributed by atoms with van der Waals surface area (Å²) in [5, 5.41) is 3.31. The van der Waals surface area contributed by atoms with Gasteiger partial charge in [-0.1, -0.05) is 12.8 Å². The van der Waals surface area contributed by atoms with E-state index in [4.69, 9.17) is 0 Å². The Bertz CT molecular complexity index is 223. The predicted octanol–water partition coefficient (Wildman–Crippen LogP) is 1.81. The van der Waals surface area contributed by atoms with E-state index in [1.54, 1.807) is 0 Å². The summed E-state index contributed by atoms with van der Waals surface area (Å²) in [4.78, 5) is 14.0. The van der Waals surface area contributed by atoms with Crippen LogP contribution in [-0.2, 0) is 4.79 Å². The van der Waals surface area contributed by atoms with Crippen molar-refractivity contribution in [3.05, 3.63) is 0 Å². The number of amides is 1. The first-order valence-corrected chi connectivity index (χ1v) is 6.24. The molecule has 0 radical (unpaired) electrons. The molecule has 0 aromatic heterocycles. The molecule has 1 amide bonds. The van der Waals surface area contributed by atoms with E-state index >= 15 is 0 Å². The highest BCUT2D eigenvalue weighted by Crippen LogP contribution is 2.28. The highest BCUT2D eigenvalue weighted by atomic mass is 35.5. The van der Waals surface area contributed by atoms with E-state index < -0.39 is 0 Å². The molecular formula is C12H23ClN2O. The van der Waals surface area contributed by atoms with Crippen molar-refractivity contribution in [2.24, 2.45) is 5.92 Å². The Balaban J connectivity index is 0.00000128. The maximum absolute atomic E-state index is 12.0. The van der Waals surface area contributed by atoms with Crippen LogP contribution in [0.5, 0.6) is 0 Å². The average Bonchev–Trinajstić information content (AvgIpc) is 2.88. The predicted molar refractivity (Wildman–Crippen MR) is 67.9 cm³/mol. The first kappa shape index (κ1) is 13.8. The number of halogens is 1. The lowest BCUT2D eigenvalue weighted by atomic mass is 10.0. The molecule has 16 heavy (non-hydrogen) atoms. The second kappa shape index (κ2) is 6.45. The minimum absolute atomic E-state index is 0. The van der Waals surface area contributed by atoms with Crippen molar-refractivity contribution in [1.29, 1.82) is 0 Å². The summed E-state index contributed by atoms with van der Waals surface area (Å²) < 4.78 is 0. The van der Waals surface area contributed by atoms with Crippen molar-refractivity contribution < 1.29 is 4.79 Å². The van der Waals surface area contributed by atoms with E-state index in [1.165, 1.54) is 25.7 Å². The Morgan fingerprint density at radius 3 is 2.56 bits per heavy atom. The fraction of sp³-hybridized carbons (Fsp3) is 0.917. The molecule has 1 saturated carbocycles. The van der Waals surface area contributed by atoms with E-state index in [0.717, 1.165) is 25.9 Å². The summed E-state index contributed by atoms with van der Waals surface area (Å²) in [6.07, 6.45) is 7.09. The molecule has 2 fully saturated rings. The maximum Gasteiger partial charge on any atom is 0.222 e. The second-order valence-electron chi connectivity index (χ2n) is 5.01. The standard InChI is InChI=1S/C12H22N2O.ClH/c1-14(11-6-7-13-9-11)12(15)8-10-4-2-3-5-10;/h10-11,13H,2-9H2,1H3;1H. The molecule has 0 spiro atoms. The average molecular weight is 247 g/mol. The smallest absolute Gasteiger partial charge is 0.222 e. The van der Waals surface area contributed by atoms with Crippen LogP contribution >= 0.6 is 12.4 Å². The molecule has 1 unspecified atom stereocenters. The van der Waals surface area contributed by atoms with E-state index in [0.29, 0.717) is 17.9 Å². The topological polar surface area (TPSA) is 32.3 Å². The molecule has 3 nitrogen and oxygen atoms in total. The normalized spacial score (nSPS) is 25.4. The number of hydrogen-bond acceptors (Lipinski definition) is 2. The van der Waals surface area contributed by atoms with Crippen LogP contribution in [0.4, 0.5) is 0 Å². The van der Waals surface area contributed by atoms with Crippen molar-refractivity contribution in [3.63, 3.8) is 0 Å². The zero-order valence-electron chi connectivity index (χ0n) is 10.1. The fourth-order valence-electron chi connectivity index (χ4n) is 2.78. The summed E-state index contributed by atoms with van der Waals surface area (Å²) in [6, 6.07) is 0.443. The van der Waals surface area contributed by atoms with Gasteiger partial charge in [0.1, 0.15) is 0 Å².